The van der Waals surface area contributed by atoms with Gasteiger partial charge in [0.25, 0.3) is 0 Å². The molecule has 0 aliphatic rings. The molecule has 0 radical (unpaired) electrons. The SMILES string of the molecule is CC(C)=C/C=C/CC(C)(C)c1c([NH2+]CCC(N)=O)ccc2ccccc12. The summed E-state index contributed by atoms with van der Waals surface area (Å²) < 4.78 is 0. The summed E-state index contributed by atoms with van der Waals surface area (Å²) in [5.41, 5.74) is 9.11. The predicted molar refractivity (Wildman–Crippen MR) is 110 cm³/mol. The van der Waals surface area contributed by atoms with Crippen molar-refractivity contribution < 1.29 is 10.1 Å². The highest BCUT2D eigenvalue weighted by atomic mass is 16.1. The van der Waals surface area contributed by atoms with E-state index in [2.05, 4.69) is 87.6 Å². The van der Waals surface area contributed by atoms with Gasteiger partial charge in [0.1, 0.15) is 5.69 Å². The Morgan fingerprint density at radius 2 is 1.88 bits per heavy atom. The number of quaternary nitrogens is 1. The summed E-state index contributed by atoms with van der Waals surface area (Å²) in [6, 6.07) is 12.8. The van der Waals surface area contributed by atoms with Gasteiger partial charge in [-0.25, -0.2) is 0 Å². The highest BCUT2D eigenvalue weighted by molar-refractivity contribution is 5.89. The topological polar surface area (TPSA) is 59.7 Å². The quantitative estimate of drug-likeness (QED) is 0.546. The van der Waals surface area contributed by atoms with Crippen molar-refractivity contribution in [2.24, 2.45) is 5.73 Å². The van der Waals surface area contributed by atoms with Crippen LogP contribution in [0.4, 0.5) is 5.69 Å². The van der Waals surface area contributed by atoms with Gasteiger partial charge in [-0.15, -0.1) is 0 Å². The lowest BCUT2D eigenvalue weighted by molar-refractivity contribution is -0.570. The van der Waals surface area contributed by atoms with Crippen molar-refractivity contribution in [2.45, 2.75) is 46.0 Å². The smallest absolute Gasteiger partial charge is 0.223 e. The first kappa shape index (κ1) is 19.9. The average molecular weight is 352 g/mol. The third-order valence-corrected chi connectivity index (χ3v) is 4.59. The summed E-state index contributed by atoms with van der Waals surface area (Å²) in [5, 5.41) is 4.67. The molecule has 1 amide bonds. The van der Waals surface area contributed by atoms with Crippen molar-refractivity contribution in [3.8, 4) is 0 Å². The molecule has 0 aromatic heterocycles. The molecule has 4 N–H and O–H groups in total. The van der Waals surface area contributed by atoms with Crippen LogP contribution in [0.2, 0.25) is 0 Å². The minimum Gasteiger partial charge on any atom is -0.369 e. The molecule has 0 bridgehead atoms. The molecule has 0 saturated carbocycles. The van der Waals surface area contributed by atoms with Gasteiger partial charge in [0.2, 0.25) is 5.91 Å². The number of allylic oxidation sites excluding steroid dienone is 4. The van der Waals surface area contributed by atoms with Crippen LogP contribution in [0.5, 0.6) is 0 Å². The number of nitrogens with two attached hydrogens (primary N) is 2. The maximum atomic E-state index is 11.1. The summed E-state index contributed by atoms with van der Waals surface area (Å²) in [6.45, 7) is 9.45. The molecule has 2 aromatic rings. The number of carbonyl (C=O) groups is 1. The van der Waals surface area contributed by atoms with Gasteiger partial charge in [-0.1, -0.05) is 61.9 Å². The molecule has 2 rings (SSSR count). The third-order valence-electron chi connectivity index (χ3n) is 4.59. The van der Waals surface area contributed by atoms with E-state index in [-0.39, 0.29) is 11.3 Å². The summed E-state index contributed by atoms with van der Waals surface area (Å²) in [4.78, 5) is 11.1. The van der Waals surface area contributed by atoms with Crippen molar-refractivity contribution >= 4 is 22.4 Å². The Morgan fingerprint density at radius 1 is 1.15 bits per heavy atom. The zero-order chi connectivity index (χ0) is 19.2. The van der Waals surface area contributed by atoms with E-state index in [1.54, 1.807) is 0 Å². The second kappa shape index (κ2) is 8.81. The zero-order valence-electron chi connectivity index (χ0n) is 16.4. The molecule has 138 valence electrons. The van der Waals surface area contributed by atoms with E-state index in [1.165, 1.54) is 27.6 Å². The first-order chi connectivity index (χ1) is 12.3. The van der Waals surface area contributed by atoms with Gasteiger partial charge in [0.15, 0.2) is 0 Å². The molecule has 0 spiro atoms. The van der Waals surface area contributed by atoms with Crippen LogP contribution < -0.4 is 11.1 Å². The standard InChI is InChI=1S/C23H30N2O/c1-17(2)9-7-8-15-23(3,4)22-19-11-6-5-10-18(19)12-13-20(22)25-16-14-21(24)26/h5-13,25H,14-16H2,1-4H3,(H2,24,26)/p+1/b8-7+. The summed E-state index contributed by atoms with van der Waals surface area (Å²) in [7, 11) is 0. The Morgan fingerprint density at radius 3 is 2.58 bits per heavy atom. The average Bonchev–Trinajstić information content (AvgIpc) is 2.57. The minimum atomic E-state index is -0.257. The van der Waals surface area contributed by atoms with Crippen LogP contribution in [0.1, 0.15) is 46.1 Å². The monoisotopic (exact) mass is 351 g/mol. The van der Waals surface area contributed by atoms with Crippen LogP contribution in [0.15, 0.2) is 60.2 Å². The number of hydrogen-bond donors (Lipinski definition) is 2. The van der Waals surface area contributed by atoms with Crippen molar-refractivity contribution in [3.63, 3.8) is 0 Å². The molecular weight excluding hydrogens is 320 g/mol. The molecule has 3 heteroatoms. The van der Waals surface area contributed by atoms with Crippen molar-refractivity contribution in [1.29, 1.82) is 0 Å². The van der Waals surface area contributed by atoms with E-state index in [4.69, 9.17) is 5.73 Å². The molecule has 0 heterocycles. The summed E-state index contributed by atoms with van der Waals surface area (Å²) in [5.74, 6) is -0.257. The van der Waals surface area contributed by atoms with Gasteiger partial charge in [-0.3, -0.25) is 4.79 Å². The number of carbonyl (C=O) groups excluding carboxylic acids is 1. The van der Waals surface area contributed by atoms with Gasteiger partial charge >= 0.3 is 0 Å². The van der Waals surface area contributed by atoms with E-state index < -0.39 is 0 Å². The van der Waals surface area contributed by atoms with Gasteiger partial charge in [-0.05, 0) is 48.6 Å². The fourth-order valence-corrected chi connectivity index (χ4v) is 3.31. The van der Waals surface area contributed by atoms with Crippen LogP contribution in [-0.4, -0.2) is 12.5 Å². The van der Waals surface area contributed by atoms with Crippen molar-refractivity contribution in [1.82, 2.24) is 0 Å². The number of hydrogen-bond acceptors (Lipinski definition) is 1. The van der Waals surface area contributed by atoms with Crippen LogP contribution in [0.25, 0.3) is 10.8 Å². The number of primary amides is 1. The highest BCUT2D eigenvalue weighted by Gasteiger charge is 2.27. The van der Waals surface area contributed by atoms with Gasteiger partial charge in [-0.2, -0.15) is 0 Å². The Balaban J connectivity index is 2.41. The highest BCUT2D eigenvalue weighted by Crippen LogP contribution is 2.37. The Hall–Kier alpha value is -2.39. The Kier molecular flexibility index (Phi) is 6.76. The molecule has 0 fully saturated rings. The molecule has 0 aliphatic heterocycles. The summed E-state index contributed by atoms with van der Waals surface area (Å²) in [6.07, 6.45) is 7.84. The normalized spacial score (nSPS) is 11.8. The van der Waals surface area contributed by atoms with Crippen LogP contribution >= 0.6 is 0 Å². The molecule has 0 unspecified atom stereocenters. The van der Waals surface area contributed by atoms with E-state index in [0.29, 0.717) is 13.0 Å². The predicted octanol–water partition coefficient (Wildman–Crippen LogP) is 4.10. The van der Waals surface area contributed by atoms with E-state index >= 15 is 0 Å². The fourth-order valence-electron chi connectivity index (χ4n) is 3.31. The van der Waals surface area contributed by atoms with Gasteiger partial charge < -0.3 is 11.1 Å². The number of fused-ring (bicyclic) bond motifs is 1. The molecule has 26 heavy (non-hydrogen) atoms. The number of benzene rings is 2. The molecule has 0 atom stereocenters. The van der Waals surface area contributed by atoms with Crippen LogP contribution in [0.3, 0.4) is 0 Å². The van der Waals surface area contributed by atoms with Gasteiger partial charge in [0, 0.05) is 5.56 Å². The fraction of sp³-hybridized carbons (Fsp3) is 0.348. The van der Waals surface area contributed by atoms with Gasteiger partial charge in [0.05, 0.1) is 13.0 Å². The molecule has 0 saturated heterocycles. The van der Waals surface area contributed by atoms with Crippen molar-refractivity contribution in [3.05, 3.63) is 65.8 Å². The number of rotatable bonds is 8. The second-order valence-electron chi connectivity index (χ2n) is 7.72. The molecular formula is C23H31N2O+. The molecule has 2 aromatic carbocycles. The van der Waals surface area contributed by atoms with E-state index in [9.17, 15) is 4.79 Å². The van der Waals surface area contributed by atoms with Crippen LogP contribution in [-0.2, 0) is 10.2 Å². The Labute approximate surface area is 157 Å². The first-order valence-electron chi connectivity index (χ1n) is 9.25. The minimum absolute atomic E-state index is 0.0224. The largest absolute Gasteiger partial charge is 0.369 e. The lowest BCUT2D eigenvalue weighted by Crippen LogP contribution is -2.79. The maximum absolute atomic E-state index is 11.1. The Bertz CT molecular complexity index is 827. The molecule has 0 aliphatic carbocycles. The second-order valence-corrected chi connectivity index (χ2v) is 7.72. The lowest BCUT2D eigenvalue weighted by atomic mass is 9.78. The van der Waals surface area contributed by atoms with E-state index in [0.717, 1.165) is 6.42 Å². The van der Waals surface area contributed by atoms with Crippen molar-refractivity contribution in [2.75, 3.05) is 6.54 Å². The van der Waals surface area contributed by atoms with Crippen LogP contribution in [0, 0.1) is 0 Å². The maximum Gasteiger partial charge on any atom is 0.223 e. The number of amides is 1. The first-order valence-corrected chi connectivity index (χ1v) is 9.25. The lowest BCUT2D eigenvalue weighted by Gasteiger charge is -2.27. The van der Waals surface area contributed by atoms with E-state index in [1.807, 2.05) is 0 Å². The third kappa shape index (κ3) is 5.30. The summed E-state index contributed by atoms with van der Waals surface area (Å²) >= 11 is 0. The molecule has 3 nitrogen and oxygen atoms in total. The zero-order valence-corrected chi connectivity index (χ0v) is 16.4.